The van der Waals surface area contributed by atoms with Gasteiger partial charge in [0.25, 0.3) is 5.88 Å². The standard InChI is InChI=1S/C13H21N5O2/c1-4-14-13(19)17(2)10-5-8-18(9-10)11-12(20-3)16-7-6-15-11/h6-7,10H,4-5,8-9H2,1-3H3,(H,14,19)/t10-/m1/s1. The van der Waals surface area contributed by atoms with Crippen LogP contribution >= 0.6 is 0 Å². The first-order chi connectivity index (χ1) is 9.67. The van der Waals surface area contributed by atoms with Gasteiger partial charge >= 0.3 is 6.03 Å². The number of nitrogens with zero attached hydrogens (tertiary/aromatic N) is 4. The molecule has 1 fully saturated rings. The van der Waals surface area contributed by atoms with Gasteiger partial charge in [0.05, 0.1) is 13.2 Å². The molecular formula is C13H21N5O2. The molecule has 1 aliphatic rings. The lowest BCUT2D eigenvalue weighted by Gasteiger charge is -2.25. The van der Waals surface area contributed by atoms with Crippen LogP contribution in [0.3, 0.4) is 0 Å². The molecule has 1 atom stereocenters. The molecule has 2 amide bonds. The second-order valence-electron chi connectivity index (χ2n) is 4.72. The van der Waals surface area contributed by atoms with Crippen molar-refractivity contribution in [2.24, 2.45) is 0 Å². The Labute approximate surface area is 118 Å². The first kappa shape index (κ1) is 14.4. The molecule has 1 aromatic heterocycles. The topological polar surface area (TPSA) is 70.6 Å². The number of aromatic nitrogens is 2. The van der Waals surface area contributed by atoms with E-state index in [4.69, 9.17) is 4.74 Å². The maximum atomic E-state index is 11.8. The van der Waals surface area contributed by atoms with Crippen LogP contribution < -0.4 is 15.0 Å². The summed E-state index contributed by atoms with van der Waals surface area (Å²) < 4.78 is 5.23. The predicted octanol–water partition coefficient (Wildman–Crippen LogP) is 0.725. The fraction of sp³-hybridized carbons (Fsp3) is 0.615. The lowest BCUT2D eigenvalue weighted by molar-refractivity contribution is 0.195. The van der Waals surface area contributed by atoms with E-state index in [0.29, 0.717) is 12.4 Å². The Bertz CT molecular complexity index is 468. The minimum atomic E-state index is -0.0366. The smallest absolute Gasteiger partial charge is 0.317 e. The number of ether oxygens (including phenoxy) is 1. The number of hydrogen-bond acceptors (Lipinski definition) is 5. The van der Waals surface area contributed by atoms with Crippen LogP contribution in [0.15, 0.2) is 12.4 Å². The van der Waals surface area contributed by atoms with Crippen molar-refractivity contribution < 1.29 is 9.53 Å². The van der Waals surface area contributed by atoms with Gasteiger partial charge in [-0.25, -0.2) is 14.8 Å². The molecule has 0 bridgehead atoms. The van der Waals surface area contributed by atoms with Crippen molar-refractivity contribution >= 4 is 11.8 Å². The van der Waals surface area contributed by atoms with E-state index in [2.05, 4.69) is 20.2 Å². The molecule has 0 spiro atoms. The number of carbonyl (C=O) groups is 1. The van der Waals surface area contributed by atoms with E-state index in [9.17, 15) is 4.79 Å². The summed E-state index contributed by atoms with van der Waals surface area (Å²) in [4.78, 5) is 24.2. The molecule has 0 aromatic carbocycles. The third kappa shape index (κ3) is 2.92. The minimum Gasteiger partial charge on any atom is -0.478 e. The molecular weight excluding hydrogens is 258 g/mol. The Morgan fingerprint density at radius 2 is 2.30 bits per heavy atom. The second kappa shape index (κ2) is 6.40. The summed E-state index contributed by atoms with van der Waals surface area (Å²) in [6, 6.07) is 0.138. The number of rotatable bonds is 4. The number of anilines is 1. The number of hydrogen-bond donors (Lipinski definition) is 1. The highest BCUT2D eigenvalue weighted by Gasteiger charge is 2.30. The first-order valence-corrected chi connectivity index (χ1v) is 6.78. The van der Waals surface area contributed by atoms with Gasteiger partial charge in [-0.3, -0.25) is 0 Å². The van der Waals surface area contributed by atoms with Crippen LogP contribution in [0.2, 0.25) is 0 Å². The van der Waals surface area contributed by atoms with Crippen LogP contribution in [-0.4, -0.2) is 60.7 Å². The average molecular weight is 279 g/mol. The Morgan fingerprint density at radius 1 is 1.55 bits per heavy atom. The quantitative estimate of drug-likeness (QED) is 0.879. The number of methoxy groups -OCH3 is 1. The van der Waals surface area contributed by atoms with E-state index in [-0.39, 0.29) is 12.1 Å². The van der Waals surface area contributed by atoms with E-state index in [0.717, 1.165) is 25.3 Å². The van der Waals surface area contributed by atoms with Gasteiger partial charge in [0.15, 0.2) is 5.82 Å². The fourth-order valence-electron chi connectivity index (χ4n) is 2.37. The SMILES string of the molecule is CCNC(=O)N(C)[C@@H]1CCN(c2nccnc2OC)C1. The molecule has 2 heterocycles. The van der Waals surface area contributed by atoms with Crippen LogP contribution in [0.25, 0.3) is 0 Å². The second-order valence-corrected chi connectivity index (χ2v) is 4.72. The number of amides is 2. The largest absolute Gasteiger partial charge is 0.478 e. The van der Waals surface area contributed by atoms with Crippen molar-refractivity contribution in [3.8, 4) is 5.88 Å². The normalized spacial score (nSPS) is 17.9. The highest BCUT2D eigenvalue weighted by atomic mass is 16.5. The Hall–Kier alpha value is -2.05. The third-order valence-corrected chi connectivity index (χ3v) is 3.50. The lowest BCUT2D eigenvalue weighted by atomic mass is 10.2. The average Bonchev–Trinajstić information content (AvgIpc) is 2.96. The van der Waals surface area contributed by atoms with Crippen LogP contribution in [0.4, 0.5) is 10.6 Å². The van der Waals surface area contributed by atoms with Crippen LogP contribution in [-0.2, 0) is 0 Å². The van der Waals surface area contributed by atoms with E-state index < -0.39 is 0 Å². The van der Waals surface area contributed by atoms with Gasteiger partial charge in [-0.15, -0.1) is 0 Å². The van der Waals surface area contributed by atoms with Crippen LogP contribution in [0.1, 0.15) is 13.3 Å². The number of likely N-dealkylation sites (N-methyl/N-ethyl adjacent to an activating group) is 1. The summed E-state index contributed by atoms with van der Waals surface area (Å²) in [6.07, 6.45) is 4.17. The molecule has 0 unspecified atom stereocenters. The van der Waals surface area contributed by atoms with Gasteiger partial charge in [-0.1, -0.05) is 0 Å². The predicted molar refractivity (Wildman–Crippen MR) is 76.0 cm³/mol. The van der Waals surface area contributed by atoms with E-state index in [1.54, 1.807) is 24.4 Å². The maximum absolute atomic E-state index is 11.8. The molecule has 1 aromatic rings. The van der Waals surface area contributed by atoms with Crippen LogP contribution in [0.5, 0.6) is 5.88 Å². The van der Waals surface area contributed by atoms with Gasteiger partial charge in [-0.05, 0) is 13.3 Å². The van der Waals surface area contributed by atoms with Crippen molar-refractivity contribution in [3.63, 3.8) is 0 Å². The van der Waals surface area contributed by atoms with Crippen molar-refractivity contribution in [1.29, 1.82) is 0 Å². The van der Waals surface area contributed by atoms with E-state index in [1.165, 1.54) is 0 Å². The number of carbonyl (C=O) groups excluding carboxylic acids is 1. The van der Waals surface area contributed by atoms with Crippen molar-refractivity contribution in [3.05, 3.63) is 12.4 Å². The first-order valence-electron chi connectivity index (χ1n) is 6.78. The highest BCUT2D eigenvalue weighted by molar-refractivity contribution is 5.74. The van der Waals surface area contributed by atoms with E-state index >= 15 is 0 Å². The van der Waals surface area contributed by atoms with Gasteiger partial charge in [0.2, 0.25) is 0 Å². The summed E-state index contributed by atoms with van der Waals surface area (Å²) in [7, 11) is 3.41. The molecule has 7 nitrogen and oxygen atoms in total. The Kier molecular flexibility index (Phi) is 4.60. The molecule has 0 aliphatic carbocycles. The summed E-state index contributed by atoms with van der Waals surface area (Å²) in [5.74, 6) is 1.26. The fourth-order valence-corrected chi connectivity index (χ4v) is 2.37. The summed E-state index contributed by atoms with van der Waals surface area (Å²) >= 11 is 0. The minimum absolute atomic E-state index is 0.0366. The molecule has 0 saturated carbocycles. The molecule has 1 N–H and O–H groups in total. The number of urea groups is 1. The van der Waals surface area contributed by atoms with Crippen molar-refractivity contribution in [2.75, 3.05) is 38.7 Å². The third-order valence-electron chi connectivity index (χ3n) is 3.50. The van der Waals surface area contributed by atoms with Crippen LogP contribution in [0, 0.1) is 0 Å². The zero-order valence-corrected chi connectivity index (χ0v) is 12.2. The molecule has 110 valence electrons. The summed E-state index contributed by atoms with van der Waals surface area (Å²) in [5, 5.41) is 2.82. The molecule has 7 heteroatoms. The van der Waals surface area contributed by atoms with Crippen molar-refractivity contribution in [2.45, 2.75) is 19.4 Å². The van der Waals surface area contributed by atoms with Crippen molar-refractivity contribution in [1.82, 2.24) is 20.2 Å². The summed E-state index contributed by atoms with van der Waals surface area (Å²) in [6.45, 7) is 4.13. The monoisotopic (exact) mass is 279 g/mol. The number of nitrogens with one attached hydrogen (secondary N) is 1. The lowest BCUT2D eigenvalue weighted by Crippen LogP contribution is -2.44. The van der Waals surface area contributed by atoms with Gasteiger partial charge in [-0.2, -0.15) is 0 Å². The zero-order chi connectivity index (χ0) is 14.5. The summed E-state index contributed by atoms with van der Waals surface area (Å²) in [5.41, 5.74) is 0. The Morgan fingerprint density at radius 3 is 3.00 bits per heavy atom. The Balaban J connectivity index is 2.03. The maximum Gasteiger partial charge on any atom is 0.317 e. The van der Waals surface area contributed by atoms with Gasteiger partial charge in [0, 0.05) is 39.1 Å². The molecule has 1 saturated heterocycles. The molecule has 1 aliphatic heterocycles. The van der Waals surface area contributed by atoms with E-state index in [1.807, 2.05) is 14.0 Å². The molecule has 0 radical (unpaired) electrons. The van der Waals surface area contributed by atoms with Gasteiger partial charge in [0.1, 0.15) is 0 Å². The molecule has 20 heavy (non-hydrogen) atoms. The zero-order valence-electron chi connectivity index (χ0n) is 12.2. The molecule has 2 rings (SSSR count). The van der Waals surface area contributed by atoms with Gasteiger partial charge < -0.3 is 19.9 Å². The highest BCUT2D eigenvalue weighted by Crippen LogP contribution is 2.27.